The molecule has 0 aliphatic heterocycles. The van der Waals surface area contributed by atoms with Crippen molar-refractivity contribution in [3.8, 4) is 11.5 Å². The molecule has 0 spiro atoms. The number of rotatable bonds is 14. The topological polar surface area (TPSA) is 77.1 Å². The second kappa shape index (κ2) is 15.8. The molecule has 1 aliphatic carbocycles. The third kappa shape index (κ3) is 8.66. The van der Waals surface area contributed by atoms with E-state index in [1.807, 2.05) is 19.9 Å². The Morgan fingerprint density at radius 3 is 2.47 bits per heavy atom. The maximum Gasteiger partial charge on any atom is 0.247 e. The minimum absolute atomic E-state index is 0.114. The number of nitrogens with zero attached hydrogens (tertiary/aromatic N) is 1. The van der Waals surface area contributed by atoms with Crippen molar-refractivity contribution in [1.29, 1.82) is 0 Å². The summed E-state index contributed by atoms with van der Waals surface area (Å²) < 4.78 is 16.8. The highest BCUT2D eigenvalue weighted by Gasteiger charge is 2.33. The molecule has 2 rings (SSSR count). The lowest BCUT2D eigenvalue weighted by Gasteiger charge is -2.32. The van der Waals surface area contributed by atoms with Crippen LogP contribution in [0.4, 0.5) is 0 Å². The van der Waals surface area contributed by atoms with E-state index in [-0.39, 0.29) is 23.7 Å². The first-order valence-corrected chi connectivity index (χ1v) is 13.1. The van der Waals surface area contributed by atoms with E-state index >= 15 is 0 Å². The molecule has 0 bridgehead atoms. The lowest BCUT2D eigenvalue weighted by molar-refractivity contribution is -0.139. The molecule has 7 nitrogen and oxygen atoms in total. The number of amides is 2. The lowest BCUT2D eigenvalue weighted by atomic mass is 10.0. The molecule has 0 aromatic heterocycles. The van der Waals surface area contributed by atoms with Gasteiger partial charge in [-0.2, -0.15) is 0 Å². The van der Waals surface area contributed by atoms with E-state index in [1.54, 1.807) is 24.1 Å². The molecule has 34 heavy (non-hydrogen) atoms. The van der Waals surface area contributed by atoms with E-state index in [0.717, 1.165) is 32.1 Å². The van der Waals surface area contributed by atoms with Crippen LogP contribution < -0.4 is 14.8 Å². The van der Waals surface area contributed by atoms with Crippen LogP contribution in [0, 0.1) is 0 Å². The first-order chi connectivity index (χ1) is 16.5. The molecule has 0 radical (unpaired) electrons. The van der Waals surface area contributed by atoms with Crippen molar-refractivity contribution in [2.45, 2.75) is 77.3 Å². The molecule has 1 saturated carbocycles. The molecule has 2 amide bonds. The fourth-order valence-corrected chi connectivity index (χ4v) is 4.47. The Bertz CT molecular complexity index is 753. The number of halogens is 1. The Kier molecular flexibility index (Phi) is 13.1. The number of hydrogen-bond donors (Lipinski definition) is 1. The summed E-state index contributed by atoms with van der Waals surface area (Å²) >= 11 is 5.98. The summed E-state index contributed by atoms with van der Waals surface area (Å²) in [4.78, 5) is 28.2. The molecular formula is C26H41ClN2O5. The van der Waals surface area contributed by atoms with Gasteiger partial charge >= 0.3 is 0 Å². The third-order valence-electron chi connectivity index (χ3n) is 6.05. The van der Waals surface area contributed by atoms with Crippen molar-refractivity contribution in [3.05, 3.63) is 23.8 Å². The predicted octanol–water partition coefficient (Wildman–Crippen LogP) is 4.86. The molecular weight excluding hydrogens is 456 g/mol. The van der Waals surface area contributed by atoms with Crippen LogP contribution in [0.2, 0.25) is 0 Å². The van der Waals surface area contributed by atoms with Gasteiger partial charge in [-0.1, -0.05) is 38.7 Å². The van der Waals surface area contributed by atoms with Gasteiger partial charge in [-0.3, -0.25) is 9.59 Å². The first kappa shape index (κ1) is 28.2. The fourth-order valence-electron chi connectivity index (χ4n) is 4.32. The Morgan fingerprint density at radius 2 is 1.85 bits per heavy atom. The van der Waals surface area contributed by atoms with Crippen molar-refractivity contribution in [2.75, 3.05) is 39.4 Å². The normalized spacial score (nSPS) is 15.3. The largest absolute Gasteiger partial charge is 0.493 e. The number of carbonyl (C=O) groups excluding carboxylic acids is 2. The van der Waals surface area contributed by atoms with Gasteiger partial charge in [-0.15, -0.1) is 11.6 Å². The van der Waals surface area contributed by atoms with Crippen molar-refractivity contribution in [1.82, 2.24) is 10.2 Å². The van der Waals surface area contributed by atoms with E-state index in [9.17, 15) is 9.59 Å². The molecule has 0 unspecified atom stereocenters. The second-order valence-corrected chi connectivity index (χ2v) is 8.90. The van der Waals surface area contributed by atoms with Crippen molar-refractivity contribution < 1.29 is 23.8 Å². The number of ether oxygens (including phenoxy) is 3. The number of alkyl halides is 1. The number of benzene rings is 1. The average molecular weight is 497 g/mol. The molecule has 1 N–H and O–H groups in total. The lowest BCUT2D eigenvalue weighted by Crippen LogP contribution is -2.47. The van der Waals surface area contributed by atoms with Gasteiger partial charge in [0.05, 0.1) is 13.7 Å². The molecule has 8 heteroatoms. The van der Waals surface area contributed by atoms with E-state index < -0.39 is 6.04 Å². The molecule has 0 saturated heterocycles. The fraction of sp³-hybridized carbons (Fsp3) is 0.692. The summed E-state index contributed by atoms with van der Waals surface area (Å²) in [7, 11) is 1.57. The Balaban J connectivity index is 2.37. The summed E-state index contributed by atoms with van der Waals surface area (Å²) in [6.07, 6.45) is 7.99. The van der Waals surface area contributed by atoms with Crippen LogP contribution >= 0.6 is 11.6 Å². The molecule has 1 aromatic carbocycles. The zero-order chi connectivity index (χ0) is 24.8. The van der Waals surface area contributed by atoms with Crippen molar-refractivity contribution in [3.63, 3.8) is 0 Å². The molecule has 192 valence electrons. The van der Waals surface area contributed by atoms with Gasteiger partial charge in [-0.25, -0.2) is 0 Å². The van der Waals surface area contributed by atoms with Gasteiger partial charge in [0.2, 0.25) is 11.8 Å². The van der Waals surface area contributed by atoms with Gasteiger partial charge in [0, 0.05) is 25.8 Å². The van der Waals surface area contributed by atoms with E-state index in [4.69, 9.17) is 25.8 Å². The quantitative estimate of drug-likeness (QED) is 0.226. The van der Waals surface area contributed by atoms with Crippen LogP contribution in [0.15, 0.2) is 18.2 Å². The number of methoxy groups -OCH3 is 1. The van der Waals surface area contributed by atoms with Gasteiger partial charge in [0.25, 0.3) is 0 Å². The van der Waals surface area contributed by atoms with E-state index in [1.165, 1.54) is 12.8 Å². The van der Waals surface area contributed by atoms with Crippen LogP contribution in [-0.2, 0) is 14.3 Å². The third-order valence-corrected chi connectivity index (χ3v) is 6.28. The maximum absolute atomic E-state index is 13.7. The smallest absolute Gasteiger partial charge is 0.247 e. The van der Waals surface area contributed by atoms with Gasteiger partial charge in [0.1, 0.15) is 11.9 Å². The molecule has 1 atom stereocenters. The maximum atomic E-state index is 13.7. The molecule has 1 aromatic rings. The molecule has 0 heterocycles. The highest BCUT2D eigenvalue weighted by molar-refractivity contribution is 6.27. The highest BCUT2D eigenvalue weighted by atomic mass is 35.5. The predicted molar refractivity (Wildman–Crippen MR) is 135 cm³/mol. The SMILES string of the molecule is CCCOc1ccc([C@@H](C(=O)NC2CCCCCC2)N(CCCOCC)C(=O)CCl)cc1OC. The summed E-state index contributed by atoms with van der Waals surface area (Å²) in [5, 5.41) is 3.23. The van der Waals surface area contributed by atoms with Crippen LogP contribution in [0.25, 0.3) is 0 Å². The summed E-state index contributed by atoms with van der Waals surface area (Å²) in [5.74, 6) is 0.473. The zero-order valence-electron chi connectivity index (χ0n) is 20.9. The van der Waals surface area contributed by atoms with Crippen LogP contribution in [0.1, 0.15) is 76.8 Å². The summed E-state index contributed by atoms with van der Waals surface area (Å²) in [6.45, 7) is 6.00. The van der Waals surface area contributed by atoms with Gasteiger partial charge in [-0.05, 0) is 50.3 Å². The number of carbonyl (C=O) groups is 2. The highest BCUT2D eigenvalue weighted by Crippen LogP contribution is 2.33. The Hall–Kier alpha value is -1.99. The minimum Gasteiger partial charge on any atom is -0.493 e. The minimum atomic E-state index is -0.815. The van der Waals surface area contributed by atoms with E-state index in [2.05, 4.69) is 5.32 Å². The Morgan fingerprint density at radius 1 is 1.12 bits per heavy atom. The van der Waals surface area contributed by atoms with E-state index in [0.29, 0.717) is 49.8 Å². The average Bonchev–Trinajstić information content (AvgIpc) is 3.12. The standard InChI is InChI=1S/C26H41ClN2O5/c1-4-16-34-22-14-13-20(18-23(22)32-3)25(26(31)28-21-11-8-6-7-9-12-21)29(24(30)19-27)15-10-17-33-5-2/h13-14,18,21,25H,4-12,15-17,19H2,1-3H3,(H,28,31)/t25-/m0/s1. The van der Waals surface area contributed by atoms with Crippen molar-refractivity contribution in [2.24, 2.45) is 0 Å². The number of hydrogen-bond acceptors (Lipinski definition) is 5. The first-order valence-electron chi connectivity index (χ1n) is 12.6. The molecule has 1 fully saturated rings. The van der Waals surface area contributed by atoms with Crippen LogP contribution in [0.5, 0.6) is 11.5 Å². The van der Waals surface area contributed by atoms with Crippen LogP contribution in [-0.4, -0.2) is 62.1 Å². The zero-order valence-corrected chi connectivity index (χ0v) is 21.7. The van der Waals surface area contributed by atoms with Gasteiger partial charge in [0.15, 0.2) is 11.5 Å². The molecule has 1 aliphatic rings. The summed E-state index contributed by atoms with van der Waals surface area (Å²) in [5.41, 5.74) is 0.668. The van der Waals surface area contributed by atoms with Crippen LogP contribution in [0.3, 0.4) is 0 Å². The Labute approximate surface area is 209 Å². The monoisotopic (exact) mass is 496 g/mol. The summed E-state index contributed by atoms with van der Waals surface area (Å²) in [6, 6.07) is 4.73. The second-order valence-electron chi connectivity index (χ2n) is 8.63. The number of nitrogens with one attached hydrogen (secondary N) is 1. The van der Waals surface area contributed by atoms with Gasteiger partial charge < -0.3 is 24.4 Å². The van der Waals surface area contributed by atoms with Crippen molar-refractivity contribution >= 4 is 23.4 Å².